The molecular weight excluding hydrogens is 250 g/mol. The van der Waals surface area contributed by atoms with E-state index in [0.717, 1.165) is 0 Å². The first kappa shape index (κ1) is 17.0. The zero-order valence-corrected chi connectivity index (χ0v) is 13.4. The molecule has 0 aromatic rings. The van der Waals surface area contributed by atoms with Crippen LogP contribution in [0, 0.1) is 0 Å². The summed E-state index contributed by atoms with van der Waals surface area (Å²) < 4.78 is 10.1. The lowest BCUT2D eigenvalue weighted by atomic mass is 10.2. The van der Waals surface area contributed by atoms with Crippen molar-refractivity contribution in [1.29, 1.82) is 0 Å². The van der Waals surface area contributed by atoms with Gasteiger partial charge in [-0.05, 0) is 27.7 Å². The molecule has 0 saturated heterocycles. The van der Waals surface area contributed by atoms with Gasteiger partial charge in [0.1, 0.15) is 11.3 Å². The highest BCUT2D eigenvalue weighted by atomic mass is 28.3. The minimum absolute atomic E-state index is 0.301. The fourth-order valence-electron chi connectivity index (χ4n) is 1.28. The average molecular weight is 275 g/mol. The molecule has 1 amide bonds. The van der Waals surface area contributed by atoms with Gasteiger partial charge in [-0.25, -0.2) is 4.79 Å². The molecule has 0 aliphatic carbocycles. The highest BCUT2D eigenvalue weighted by Crippen LogP contribution is 2.12. The van der Waals surface area contributed by atoms with Gasteiger partial charge in [0.25, 0.3) is 0 Å². The Balaban J connectivity index is 4.72. The topological polar surface area (TPSA) is 64.6 Å². The van der Waals surface area contributed by atoms with Gasteiger partial charge in [-0.2, -0.15) is 0 Å². The van der Waals surface area contributed by atoms with Crippen LogP contribution in [-0.2, 0) is 14.3 Å². The van der Waals surface area contributed by atoms with Gasteiger partial charge in [-0.1, -0.05) is 19.6 Å². The Bertz CT molecular complexity index is 304. The predicted octanol–water partition coefficient (Wildman–Crippen LogP) is 2.32. The largest absolute Gasteiger partial charge is 0.465 e. The van der Waals surface area contributed by atoms with Gasteiger partial charge in [-0.3, -0.25) is 4.79 Å². The molecule has 0 aromatic carbocycles. The van der Waals surface area contributed by atoms with Crippen LogP contribution in [0.1, 0.15) is 27.7 Å². The minimum atomic E-state index is -1.91. The molecule has 0 rings (SSSR count). The number of alkyl carbamates (subject to hydrolysis) is 1. The van der Waals surface area contributed by atoms with Crippen LogP contribution in [0.4, 0.5) is 4.79 Å². The fourth-order valence-corrected chi connectivity index (χ4v) is 2.62. The zero-order chi connectivity index (χ0) is 14.6. The number of hydrogen-bond acceptors (Lipinski definition) is 4. The Morgan fingerprint density at radius 3 is 2.06 bits per heavy atom. The molecule has 0 bridgehead atoms. The van der Waals surface area contributed by atoms with Crippen molar-refractivity contribution in [2.45, 2.75) is 58.6 Å². The lowest BCUT2D eigenvalue weighted by molar-refractivity contribution is -0.143. The van der Waals surface area contributed by atoms with E-state index >= 15 is 0 Å². The monoisotopic (exact) mass is 275 g/mol. The van der Waals surface area contributed by atoms with Gasteiger partial charge in [0.05, 0.1) is 14.7 Å². The van der Waals surface area contributed by atoms with Gasteiger partial charge < -0.3 is 14.8 Å². The number of nitrogens with one attached hydrogen (secondary N) is 1. The summed E-state index contributed by atoms with van der Waals surface area (Å²) in [5.41, 5.74) is -1.17. The van der Waals surface area contributed by atoms with E-state index in [1.165, 1.54) is 0 Å². The van der Waals surface area contributed by atoms with E-state index < -0.39 is 25.4 Å². The first-order valence-corrected chi connectivity index (χ1v) is 9.71. The number of esters is 1. The molecule has 106 valence electrons. The molecule has 1 atom stereocenters. The van der Waals surface area contributed by atoms with Gasteiger partial charge in [0.15, 0.2) is 0 Å². The second-order valence-electron chi connectivity index (χ2n) is 6.20. The van der Waals surface area contributed by atoms with Crippen LogP contribution in [-0.4, -0.2) is 38.0 Å². The SMILES string of the molecule is CCOC(=O)C(NC(=O)OC(C)(C)C)[Si](C)(C)C. The van der Waals surface area contributed by atoms with Gasteiger partial charge in [0.2, 0.25) is 0 Å². The third-order valence-corrected chi connectivity index (χ3v) is 4.16. The van der Waals surface area contributed by atoms with Crippen LogP contribution >= 0.6 is 0 Å². The van der Waals surface area contributed by atoms with Crippen LogP contribution in [0.15, 0.2) is 0 Å². The Hall–Kier alpha value is -1.04. The molecule has 0 saturated carbocycles. The third kappa shape index (κ3) is 6.63. The summed E-state index contributed by atoms with van der Waals surface area (Å²) in [5.74, 6) is -0.387. The van der Waals surface area contributed by atoms with Crippen molar-refractivity contribution in [3.05, 3.63) is 0 Å². The summed E-state index contributed by atoms with van der Waals surface area (Å²) in [4.78, 5) is 23.5. The molecule has 1 unspecified atom stereocenters. The van der Waals surface area contributed by atoms with Crippen LogP contribution in [0.3, 0.4) is 0 Å². The Morgan fingerprint density at radius 1 is 1.22 bits per heavy atom. The number of ether oxygens (including phenoxy) is 2. The molecular formula is C12H25NO4Si. The number of amides is 1. The summed E-state index contributed by atoms with van der Waals surface area (Å²) in [6.07, 6.45) is -0.581. The van der Waals surface area contributed by atoms with Crippen molar-refractivity contribution in [2.75, 3.05) is 6.61 Å². The third-order valence-electron chi connectivity index (χ3n) is 2.05. The predicted molar refractivity (Wildman–Crippen MR) is 73.1 cm³/mol. The van der Waals surface area contributed by atoms with Crippen LogP contribution in [0.2, 0.25) is 19.6 Å². The molecule has 0 aliphatic heterocycles. The summed E-state index contributed by atoms with van der Waals surface area (Å²) in [6.45, 7) is 13.4. The summed E-state index contributed by atoms with van der Waals surface area (Å²) >= 11 is 0. The molecule has 18 heavy (non-hydrogen) atoms. The lowest BCUT2D eigenvalue weighted by Crippen LogP contribution is -2.57. The van der Waals surface area contributed by atoms with Crippen molar-refractivity contribution in [1.82, 2.24) is 5.32 Å². The normalized spacial score (nSPS) is 13.7. The first-order valence-electron chi connectivity index (χ1n) is 6.13. The molecule has 5 nitrogen and oxygen atoms in total. The minimum Gasteiger partial charge on any atom is -0.465 e. The summed E-state index contributed by atoms with van der Waals surface area (Å²) in [6, 6.07) is 0. The highest BCUT2D eigenvalue weighted by Gasteiger charge is 2.36. The Morgan fingerprint density at radius 2 is 1.72 bits per heavy atom. The molecule has 0 fully saturated rings. The maximum absolute atomic E-state index is 11.8. The standard InChI is InChI=1S/C12H25NO4Si/c1-8-16-10(14)9(18(5,6)7)13-11(15)17-12(2,3)4/h9H,8H2,1-7H3,(H,13,15). The Kier molecular flexibility index (Phi) is 5.86. The van der Waals surface area contributed by atoms with E-state index in [-0.39, 0.29) is 5.97 Å². The second kappa shape index (κ2) is 6.22. The number of rotatable bonds is 4. The Labute approximate surface area is 110 Å². The van der Waals surface area contributed by atoms with Gasteiger partial charge >= 0.3 is 12.1 Å². The van der Waals surface area contributed by atoms with E-state index in [1.807, 2.05) is 19.6 Å². The number of hydrogen-bond donors (Lipinski definition) is 1. The molecule has 6 heteroatoms. The number of carbonyl (C=O) groups is 2. The molecule has 0 aromatic heterocycles. The van der Waals surface area contributed by atoms with E-state index in [0.29, 0.717) is 6.61 Å². The van der Waals surface area contributed by atoms with Gasteiger partial charge in [-0.15, -0.1) is 0 Å². The van der Waals surface area contributed by atoms with Crippen molar-refractivity contribution < 1.29 is 19.1 Å². The molecule has 1 N–H and O–H groups in total. The van der Waals surface area contributed by atoms with E-state index in [2.05, 4.69) is 5.32 Å². The van der Waals surface area contributed by atoms with Crippen molar-refractivity contribution in [2.24, 2.45) is 0 Å². The zero-order valence-electron chi connectivity index (χ0n) is 12.4. The molecule has 0 spiro atoms. The fraction of sp³-hybridized carbons (Fsp3) is 0.833. The second-order valence-corrected chi connectivity index (χ2v) is 11.5. The maximum Gasteiger partial charge on any atom is 0.408 e. The van der Waals surface area contributed by atoms with E-state index in [9.17, 15) is 9.59 Å². The van der Waals surface area contributed by atoms with Crippen LogP contribution in [0.25, 0.3) is 0 Å². The summed E-state index contributed by atoms with van der Waals surface area (Å²) in [7, 11) is -1.91. The quantitative estimate of drug-likeness (QED) is 0.631. The lowest BCUT2D eigenvalue weighted by Gasteiger charge is -2.29. The molecule has 0 heterocycles. The van der Waals surface area contributed by atoms with Crippen LogP contribution in [0.5, 0.6) is 0 Å². The first-order chi connectivity index (χ1) is 7.97. The van der Waals surface area contributed by atoms with Gasteiger partial charge in [0, 0.05) is 0 Å². The van der Waals surface area contributed by atoms with Crippen molar-refractivity contribution >= 4 is 20.1 Å². The van der Waals surface area contributed by atoms with E-state index in [1.54, 1.807) is 27.7 Å². The highest BCUT2D eigenvalue weighted by molar-refractivity contribution is 6.80. The molecule has 0 radical (unpaired) electrons. The maximum atomic E-state index is 11.8. The molecule has 0 aliphatic rings. The average Bonchev–Trinajstić information content (AvgIpc) is 2.09. The van der Waals surface area contributed by atoms with Crippen molar-refractivity contribution in [3.8, 4) is 0 Å². The van der Waals surface area contributed by atoms with Crippen LogP contribution < -0.4 is 5.32 Å². The van der Waals surface area contributed by atoms with Crippen molar-refractivity contribution in [3.63, 3.8) is 0 Å². The summed E-state index contributed by atoms with van der Waals surface area (Å²) in [5, 5.41) is 2.62. The number of carbonyl (C=O) groups excluding carboxylic acids is 2. The van der Waals surface area contributed by atoms with E-state index in [4.69, 9.17) is 9.47 Å². The smallest absolute Gasteiger partial charge is 0.408 e.